The molecule has 1 aromatic carbocycles. The summed E-state index contributed by atoms with van der Waals surface area (Å²) in [6.07, 6.45) is 4.29. The van der Waals surface area contributed by atoms with Crippen molar-refractivity contribution >= 4 is 11.8 Å². The molecule has 15 heavy (non-hydrogen) atoms. The van der Waals surface area contributed by atoms with Crippen LogP contribution in [0.4, 0.5) is 0 Å². The summed E-state index contributed by atoms with van der Waals surface area (Å²) in [5.41, 5.74) is 1.52. The predicted octanol–water partition coefficient (Wildman–Crippen LogP) is 3.38. The highest BCUT2D eigenvalue weighted by Gasteiger charge is 2.22. The van der Waals surface area contributed by atoms with Gasteiger partial charge in [-0.3, -0.25) is 0 Å². The van der Waals surface area contributed by atoms with E-state index in [-0.39, 0.29) is 0 Å². The molecule has 1 atom stereocenters. The predicted molar refractivity (Wildman–Crippen MR) is 64.3 cm³/mol. The fourth-order valence-electron chi connectivity index (χ4n) is 2.13. The molecule has 0 aliphatic carbocycles. The van der Waals surface area contributed by atoms with Gasteiger partial charge in [-0.2, -0.15) is 0 Å². The van der Waals surface area contributed by atoms with Crippen LogP contribution in [0.5, 0.6) is 0 Å². The lowest BCUT2D eigenvalue weighted by atomic mass is 10.0. The molecule has 3 rings (SSSR count). The van der Waals surface area contributed by atoms with Gasteiger partial charge in [-0.05, 0) is 23.8 Å². The highest BCUT2D eigenvalue weighted by Crippen LogP contribution is 2.39. The standard InChI is InChI=1S/C13H13NS/c1-2-6-13-12(5-1)11(10-15-13)9-14-7-3-4-8-14/h1-8,11H,9-10H2. The summed E-state index contributed by atoms with van der Waals surface area (Å²) in [6.45, 7) is 1.11. The lowest BCUT2D eigenvalue weighted by Gasteiger charge is -2.11. The zero-order chi connectivity index (χ0) is 10.1. The molecule has 1 unspecified atom stereocenters. The van der Waals surface area contributed by atoms with Gasteiger partial charge in [-0.15, -0.1) is 11.8 Å². The number of thioether (sulfide) groups is 1. The fourth-order valence-corrected chi connectivity index (χ4v) is 3.37. The summed E-state index contributed by atoms with van der Waals surface area (Å²) < 4.78 is 2.27. The Labute approximate surface area is 94.1 Å². The summed E-state index contributed by atoms with van der Waals surface area (Å²) in [4.78, 5) is 1.47. The van der Waals surface area contributed by atoms with Crippen molar-refractivity contribution in [1.29, 1.82) is 0 Å². The molecule has 1 aliphatic heterocycles. The maximum atomic E-state index is 2.27. The first kappa shape index (κ1) is 9.10. The van der Waals surface area contributed by atoms with E-state index >= 15 is 0 Å². The van der Waals surface area contributed by atoms with Crippen molar-refractivity contribution in [3.8, 4) is 0 Å². The van der Waals surface area contributed by atoms with Gasteiger partial charge >= 0.3 is 0 Å². The molecule has 0 saturated heterocycles. The molecule has 1 aromatic heterocycles. The van der Waals surface area contributed by atoms with Gasteiger partial charge in [0.2, 0.25) is 0 Å². The van der Waals surface area contributed by atoms with Crippen LogP contribution in [-0.2, 0) is 6.54 Å². The maximum absolute atomic E-state index is 2.27. The first-order valence-corrected chi connectivity index (χ1v) is 6.24. The Balaban J connectivity index is 1.85. The summed E-state index contributed by atoms with van der Waals surface area (Å²) >= 11 is 1.98. The van der Waals surface area contributed by atoms with E-state index in [1.54, 1.807) is 0 Å². The molecule has 2 heteroatoms. The molecule has 1 aliphatic rings. The number of aromatic nitrogens is 1. The molecule has 1 nitrogen and oxygen atoms in total. The van der Waals surface area contributed by atoms with Crippen molar-refractivity contribution in [3.63, 3.8) is 0 Å². The molecule has 0 N–H and O–H groups in total. The molecule has 2 aromatic rings. The molecule has 76 valence electrons. The summed E-state index contributed by atoms with van der Waals surface area (Å²) in [5.74, 6) is 1.90. The molecule has 0 radical (unpaired) electrons. The Bertz CT molecular complexity index is 447. The van der Waals surface area contributed by atoms with Crippen LogP contribution in [-0.4, -0.2) is 10.3 Å². The zero-order valence-electron chi connectivity index (χ0n) is 8.47. The van der Waals surface area contributed by atoms with E-state index in [1.165, 1.54) is 16.2 Å². The zero-order valence-corrected chi connectivity index (χ0v) is 9.28. The van der Waals surface area contributed by atoms with Gasteiger partial charge in [0.15, 0.2) is 0 Å². The molecule has 0 saturated carbocycles. The van der Waals surface area contributed by atoms with Crippen LogP contribution in [0.3, 0.4) is 0 Å². The molecule has 2 heterocycles. The van der Waals surface area contributed by atoms with Gasteiger partial charge in [0.1, 0.15) is 0 Å². The van der Waals surface area contributed by atoms with Crippen LogP contribution in [0.1, 0.15) is 11.5 Å². The van der Waals surface area contributed by atoms with Crippen molar-refractivity contribution in [3.05, 3.63) is 54.4 Å². The van der Waals surface area contributed by atoms with Crippen LogP contribution in [0, 0.1) is 0 Å². The molecule has 0 spiro atoms. The van der Waals surface area contributed by atoms with E-state index in [0.29, 0.717) is 5.92 Å². The minimum absolute atomic E-state index is 0.679. The van der Waals surface area contributed by atoms with Crippen molar-refractivity contribution in [2.75, 3.05) is 5.75 Å². The second-order valence-corrected chi connectivity index (χ2v) is 4.99. The van der Waals surface area contributed by atoms with Crippen molar-refractivity contribution in [2.24, 2.45) is 0 Å². The van der Waals surface area contributed by atoms with E-state index in [4.69, 9.17) is 0 Å². The van der Waals surface area contributed by atoms with E-state index in [2.05, 4.69) is 53.4 Å². The quantitative estimate of drug-likeness (QED) is 0.743. The van der Waals surface area contributed by atoms with Gasteiger partial charge in [-0.25, -0.2) is 0 Å². The number of hydrogen-bond acceptors (Lipinski definition) is 1. The first-order valence-electron chi connectivity index (χ1n) is 5.26. The second kappa shape index (κ2) is 3.78. The normalized spacial score (nSPS) is 19.1. The number of benzene rings is 1. The third-order valence-corrected chi connectivity index (χ3v) is 4.15. The minimum Gasteiger partial charge on any atom is -0.354 e. The number of nitrogens with zero attached hydrogens (tertiary/aromatic N) is 1. The van der Waals surface area contributed by atoms with Crippen LogP contribution in [0.25, 0.3) is 0 Å². The van der Waals surface area contributed by atoms with E-state index in [0.717, 1.165) is 6.54 Å². The van der Waals surface area contributed by atoms with Crippen molar-refractivity contribution in [2.45, 2.75) is 17.4 Å². The van der Waals surface area contributed by atoms with E-state index in [1.807, 2.05) is 11.8 Å². The van der Waals surface area contributed by atoms with Crippen LogP contribution in [0.15, 0.2) is 53.7 Å². The Kier molecular flexibility index (Phi) is 2.29. The Morgan fingerprint density at radius 3 is 2.80 bits per heavy atom. The highest BCUT2D eigenvalue weighted by atomic mass is 32.2. The lowest BCUT2D eigenvalue weighted by molar-refractivity contribution is 0.608. The third kappa shape index (κ3) is 1.70. The summed E-state index contributed by atoms with van der Waals surface area (Å²) in [5, 5.41) is 0. The molecule has 0 bridgehead atoms. The van der Waals surface area contributed by atoms with E-state index < -0.39 is 0 Å². The minimum atomic E-state index is 0.679. The number of fused-ring (bicyclic) bond motifs is 1. The van der Waals surface area contributed by atoms with Gasteiger partial charge in [-0.1, -0.05) is 18.2 Å². The largest absolute Gasteiger partial charge is 0.354 e. The molecule has 0 fully saturated rings. The maximum Gasteiger partial charge on any atom is 0.0296 e. The summed E-state index contributed by atoms with van der Waals surface area (Å²) in [6, 6.07) is 13.0. The molecular formula is C13H13NS. The number of rotatable bonds is 2. The highest BCUT2D eigenvalue weighted by molar-refractivity contribution is 7.99. The van der Waals surface area contributed by atoms with Crippen LogP contribution < -0.4 is 0 Å². The Morgan fingerprint density at radius 2 is 1.93 bits per heavy atom. The average Bonchev–Trinajstić information content (AvgIpc) is 2.89. The summed E-state index contributed by atoms with van der Waals surface area (Å²) in [7, 11) is 0. The van der Waals surface area contributed by atoms with Gasteiger partial charge in [0, 0.05) is 35.5 Å². The van der Waals surface area contributed by atoms with Crippen molar-refractivity contribution in [1.82, 2.24) is 4.57 Å². The Hall–Kier alpha value is -1.15. The number of hydrogen-bond donors (Lipinski definition) is 0. The van der Waals surface area contributed by atoms with Crippen LogP contribution >= 0.6 is 11.8 Å². The monoisotopic (exact) mass is 215 g/mol. The van der Waals surface area contributed by atoms with E-state index in [9.17, 15) is 0 Å². The van der Waals surface area contributed by atoms with Crippen LogP contribution in [0.2, 0.25) is 0 Å². The Morgan fingerprint density at radius 1 is 1.13 bits per heavy atom. The average molecular weight is 215 g/mol. The smallest absolute Gasteiger partial charge is 0.0296 e. The molecular weight excluding hydrogens is 202 g/mol. The van der Waals surface area contributed by atoms with Gasteiger partial charge < -0.3 is 4.57 Å². The second-order valence-electron chi connectivity index (χ2n) is 3.93. The first-order chi connectivity index (χ1) is 7.43. The van der Waals surface area contributed by atoms with Gasteiger partial charge in [0.25, 0.3) is 0 Å². The lowest BCUT2D eigenvalue weighted by Crippen LogP contribution is -2.06. The SMILES string of the molecule is c1ccc2c(c1)SCC2Cn1cccc1. The fraction of sp³-hybridized carbons (Fsp3) is 0.231. The van der Waals surface area contributed by atoms with Gasteiger partial charge in [0.05, 0.1) is 0 Å². The van der Waals surface area contributed by atoms with Crippen molar-refractivity contribution < 1.29 is 0 Å². The molecule has 0 amide bonds. The third-order valence-electron chi connectivity index (χ3n) is 2.90. The topological polar surface area (TPSA) is 4.93 Å².